The molecule has 1 amide bonds. The molecule has 0 bridgehead atoms. The van der Waals surface area contributed by atoms with Gasteiger partial charge in [-0.2, -0.15) is 0 Å². The molecule has 0 saturated heterocycles. The summed E-state index contributed by atoms with van der Waals surface area (Å²) in [6, 6.07) is 17.2. The van der Waals surface area contributed by atoms with Gasteiger partial charge in [-0.05, 0) is 61.2 Å². The lowest BCUT2D eigenvalue weighted by molar-refractivity contribution is 0.0993. The zero-order valence-electron chi connectivity index (χ0n) is 18.4. The van der Waals surface area contributed by atoms with Gasteiger partial charge >= 0.3 is 0 Å². The fraction of sp³-hybridized carbons (Fsp3) is 0.192. The smallest absolute Gasteiger partial charge is 0.258 e. The van der Waals surface area contributed by atoms with Crippen molar-refractivity contribution in [2.75, 3.05) is 17.3 Å². The number of hydrogen-bond donors (Lipinski definition) is 1. The molecule has 0 saturated carbocycles. The SMILES string of the molecule is CN(C(=O)c1ccncc1)c1ccc(CNc2nc(-c3ccccn3)nc3c2CCC3)cc1. The van der Waals surface area contributed by atoms with Gasteiger partial charge in [-0.25, -0.2) is 9.97 Å². The van der Waals surface area contributed by atoms with Crippen molar-refractivity contribution < 1.29 is 4.79 Å². The van der Waals surface area contributed by atoms with Gasteiger partial charge in [0.25, 0.3) is 5.91 Å². The third kappa shape index (κ3) is 4.43. The van der Waals surface area contributed by atoms with Crippen molar-refractivity contribution in [1.29, 1.82) is 0 Å². The number of benzene rings is 1. The lowest BCUT2D eigenvalue weighted by Crippen LogP contribution is -2.26. The van der Waals surface area contributed by atoms with Crippen molar-refractivity contribution in [3.63, 3.8) is 0 Å². The predicted molar refractivity (Wildman–Crippen MR) is 128 cm³/mol. The van der Waals surface area contributed by atoms with Gasteiger partial charge in [-0.15, -0.1) is 0 Å². The molecule has 1 aromatic carbocycles. The Bertz CT molecular complexity index is 1260. The summed E-state index contributed by atoms with van der Waals surface area (Å²) in [5, 5.41) is 3.50. The summed E-state index contributed by atoms with van der Waals surface area (Å²) in [7, 11) is 1.78. The number of hydrogen-bond acceptors (Lipinski definition) is 6. The second-order valence-corrected chi connectivity index (χ2v) is 8.01. The van der Waals surface area contributed by atoms with E-state index in [1.165, 1.54) is 5.56 Å². The van der Waals surface area contributed by atoms with Crippen molar-refractivity contribution in [3.8, 4) is 11.5 Å². The van der Waals surface area contributed by atoms with Crippen molar-refractivity contribution in [1.82, 2.24) is 19.9 Å². The number of carbonyl (C=O) groups is 1. The van der Waals surface area contributed by atoms with Crippen LogP contribution in [0.25, 0.3) is 11.5 Å². The molecule has 0 radical (unpaired) electrons. The number of pyridine rings is 2. The second-order valence-electron chi connectivity index (χ2n) is 8.01. The topological polar surface area (TPSA) is 83.9 Å². The molecule has 164 valence electrons. The van der Waals surface area contributed by atoms with Gasteiger partial charge in [0.1, 0.15) is 11.5 Å². The first-order chi connectivity index (χ1) is 16.2. The number of nitrogens with zero attached hydrogens (tertiary/aromatic N) is 5. The van der Waals surface area contributed by atoms with Gasteiger partial charge < -0.3 is 10.2 Å². The molecular weight excluding hydrogens is 412 g/mol. The first kappa shape index (κ1) is 20.8. The Morgan fingerprint density at radius 1 is 0.970 bits per heavy atom. The van der Waals surface area contributed by atoms with Crippen LogP contribution in [0, 0.1) is 0 Å². The maximum absolute atomic E-state index is 12.7. The van der Waals surface area contributed by atoms with E-state index in [9.17, 15) is 4.79 Å². The molecule has 7 heteroatoms. The highest BCUT2D eigenvalue weighted by Gasteiger charge is 2.20. The van der Waals surface area contributed by atoms with Crippen molar-refractivity contribution in [2.45, 2.75) is 25.8 Å². The molecule has 7 nitrogen and oxygen atoms in total. The van der Waals surface area contributed by atoms with Crippen LogP contribution in [-0.4, -0.2) is 32.9 Å². The second kappa shape index (κ2) is 9.16. The van der Waals surface area contributed by atoms with Gasteiger partial charge in [0, 0.05) is 54.7 Å². The van der Waals surface area contributed by atoms with Crippen LogP contribution in [0.15, 0.2) is 73.2 Å². The number of rotatable bonds is 6. The molecule has 0 aliphatic heterocycles. The minimum atomic E-state index is -0.0677. The highest BCUT2D eigenvalue weighted by atomic mass is 16.2. The Balaban J connectivity index is 1.31. The van der Waals surface area contributed by atoms with E-state index >= 15 is 0 Å². The zero-order valence-corrected chi connectivity index (χ0v) is 18.4. The van der Waals surface area contributed by atoms with Crippen LogP contribution >= 0.6 is 0 Å². The summed E-state index contributed by atoms with van der Waals surface area (Å²) < 4.78 is 0. The lowest BCUT2D eigenvalue weighted by atomic mass is 10.1. The van der Waals surface area contributed by atoms with E-state index in [0.29, 0.717) is 17.9 Å². The van der Waals surface area contributed by atoms with Crippen molar-refractivity contribution >= 4 is 17.4 Å². The molecule has 3 heterocycles. The van der Waals surface area contributed by atoms with Crippen molar-refractivity contribution in [2.24, 2.45) is 0 Å². The van der Waals surface area contributed by atoms with E-state index in [1.54, 1.807) is 42.7 Å². The fourth-order valence-corrected chi connectivity index (χ4v) is 4.02. The molecule has 0 unspecified atom stereocenters. The maximum atomic E-state index is 12.7. The summed E-state index contributed by atoms with van der Waals surface area (Å²) in [6.07, 6.45) is 8.06. The van der Waals surface area contributed by atoms with E-state index in [2.05, 4.69) is 15.3 Å². The fourth-order valence-electron chi connectivity index (χ4n) is 4.02. The first-order valence-electron chi connectivity index (χ1n) is 11.0. The molecule has 4 aromatic rings. The standard InChI is InChI=1S/C26H24N6O/c1-32(26(33)19-12-15-27-16-13-19)20-10-8-18(9-11-20)17-29-24-21-5-4-7-22(21)30-25(31-24)23-6-2-3-14-28-23/h2-3,6,8-16H,4-5,7,17H2,1H3,(H,29,30,31). The number of carbonyl (C=O) groups excluding carboxylic acids is 1. The summed E-state index contributed by atoms with van der Waals surface area (Å²) in [4.78, 5) is 32.2. The normalized spacial score (nSPS) is 12.3. The first-order valence-corrected chi connectivity index (χ1v) is 11.0. The van der Waals surface area contributed by atoms with Crippen LogP contribution in [0.4, 0.5) is 11.5 Å². The lowest BCUT2D eigenvalue weighted by Gasteiger charge is -2.18. The van der Waals surface area contributed by atoms with Crippen molar-refractivity contribution in [3.05, 3.63) is 95.6 Å². The number of anilines is 2. The van der Waals surface area contributed by atoms with Crippen LogP contribution in [0.5, 0.6) is 0 Å². The van der Waals surface area contributed by atoms with Crippen LogP contribution in [0.3, 0.4) is 0 Å². The highest BCUT2D eigenvalue weighted by molar-refractivity contribution is 6.05. The number of aromatic nitrogens is 4. The molecule has 1 N–H and O–H groups in total. The quantitative estimate of drug-likeness (QED) is 0.485. The van der Waals surface area contributed by atoms with E-state index in [-0.39, 0.29) is 5.91 Å². The molecule has 5 rings (SSSR count). The van der Waals surface area contributed by atoms with Crippen LogP contribution < -0.4 is 10.2 Å². The third-order valence-electron chi connectivity index (χ3n) is 5.84. The molecule has 1 aliphatic carbocycles. The number of fused-ring (bicyclic) bond motifs is 1. The van der Waals surface area contributed by atoms with E-state index in [0.717, 1.165) is 47.7 Å². The minimum Gasteiger partial charge on any atom is -0.366 e. The molecule has 3 aromatic heterocycles. The average Bonchev–Trinajstić information content (AvgIpc) is 3.37. The van der Waals surface area contributed by atoms with Gasteiger partial charge in [-0.3, -0.25) is 14.8 Å². The Kier molecular flexibility index (Phi) is 5.76. The molecule has 0 spiro atoms. The molecule has 33 heavy (non-hydrogen) atoms. The zero-order chi connectivity index (χ0) is 22.6. The largest absolute Gasteiger partial charge is 0.366 e. The highest BCUT2D eigenvalue weighted by Crippen LogP contribution is 2.29. The van der Waals surface area contributed by atoms with Crippen LogP contribution in [-0.2, 0) is 19.4 Å². The molecule has 0 atom stereocenters. The van der Waals surface area contributed by atoms with Gasteiger partial charge in [0.15, 0.2) is 5.82 Å². The summed E-state index contributed by atoms with van der Waals surface area (Å²) >= 11 is 0. The summed E-state index contributed by atoms with van der Waals surface area (Å²) in [5.74, 6) is 1.47. The Morgan fingerprint density at radius 2 is 1.79 bits per heavy atom. The average molecular weight is 437 g/mol. The van der Waals surface area contributed by atoms with Gasteiger partial charge in [0.2, 0.25) is 0 Å². The summed E-state index contributed by atoms with van der Waals surface area (Å²) in [6.45, 7) is 0.632. The van der Waals surface area contributed by atoms with Crippen LogP contribution in [0.2, 0.25) is 0 Å². The predicted octanol–water partition coefficient (Wildman–Crippen LogP) is 4.31. The molecule has 0 fully saturated rings. The van der Waals surface area contributed by atoms with E-state index < -0.39 is 0 Å². The van der Waals surface area contributed by atoms with Gasteiger partial charge in [0.05, 0.1) is 0 Å². The van der Waals surface area contributed by atoms with E-state index in [4.69, 9.17) is 9.97 Å². The summed E-state index contributed by atoms with van der Waals surface area (Å²) in [5.41, 5.74) is 5.64. The minimum absolute atomic E-state index is 0.0677. The monoisotopic (exact) mass is 436 g/mol. The molecular formula is C26H24N6O. The Morgan fingerprint density at radius 3 is 2.55 bits per heavy atom. The number of amides is 1. The number of aryl methyl sites for hydroxylation is 1. The third-order valence-corrected chi connectivity index (χ3v) is 5.84. The number of nitrogens with one attached hydrogen (secondary N) is 1. The Hall–Kier alpha value is -4.13. The maximum Gasteiger partial charge on any atom is 0.258 e. The molecule has 1 aliphatic rings. The van der Waals surface area contributed by atoms with Crippen LogP contribution in [0.1, 0.15) is 33.6 Å². The van der Waals surface area contributed by atoms with Gasteiger partial charge in [-0.1, -0.05) is 18.2 Å². The Labute approximate surface area is 192 Å². The van der Waals surface area contributed by atoms with E-state index in [1.807, 2.05) is 42.5 Å².